The second-order valence-corrected chi connectivity index (χ2v) is 8.73. The second kappa shape index (κ2) is 6.90. The van der Waals surface area contributed by atoms with Crippen molar-refractivity contribution < 1.29 is 32.2 Å². The molecule has 8 heteroatoms. The van der Waals surface area contributed by atoms with Gasteiger partial charge >= 0.3 is 12.3 Å². The number of piperidine rings is 2. The van der Waals surface area contributed by atoms with Crippen molar-refractivity contribution >= 4 is 6.09 Å². The molecule has 2 atom stereocenters. The molecule has 0 aromatic heterocycles. The number of fused-ring (bicyclic) bond motifs is 2. The quantitative estimate of drug-likeness (QED) is 0.673. The van der Waals surface area contributed by atoms with Crippen molar-refractivity contribution in [3.63, 3.8) is 0 Å². The highest BCUT2D eigenvalue weighted by Crippen LogP contribution is 2.48. The number of halogens is 4. The van der Waals surface area contributed by atoms with Crippen LogP contribution in [0.5, 0.6) is 0 Å². The number of alkyl halides is 3. The number of hydrogen-bond donors (Lipinski definition) is 1. The third-order valence-electron chi connectivity index (χ3n) is 5.41. The number of carbonyl (C=O) groups excluding carboxylic acids is 1. The number of hydrogen-bond acceptors (Lipinski definition) is 3. The van der Waals surface area contributed by atoms with Crippen molar-refractivity contribution in [2.24, 2.45) is 0 Å². The normalized spacial score (nSPS) is 28.2. The van der Waals surface area contributed by atoms with Gasteiger partial charge in [-0.05, 0) is 51.7 Å². The van der Waals surface area contributed by atoms with Crippen LogP contribution in [0.2, 0.25) is 0 Å². The summed E-state index contributed by atoms with van der Waals surface area (Å²) < 4.78 is 59.9. The van der Waals surface area contributed by atoms with Crippen LogP contribution in [0.3, 0.4) is 0 Å². The van der Waals surface area contributed by atoms with Crippen molar-refractivity contribution in [2.75, 3.05) is 0 Å². The molecule has 1 amide bonds. The Kier molecular flexibility index (Phi) is 5.15. The number of ether oxygens (including phenoxy) is 1. The number of nitrogens with zero attached hydrogens (tertiary/aromatic N) is 1. The fraction of sp³-hybridized carbons (Fsp3) is 0.650. The molecule has 0 spiro atoms. The molecule has 2 heterocycles. The third kappa shape index (κ3) is 3.97. The predicted molar refractivity (Wildman–Crippen MR) is 94.0 cm³/mol. The fourth-order valence-electron chi connectivity index (χ4n) is 4.46. The van der Waals surface area contributed by atoms with Crippen LogP contribution in [0.4, 0.5) is 22.4 Å². The number of aliphatic hydroxyl groups is 1. The molecule has 156 valence electrons. The molecule has 0 saturated carbocycles. The summed E-state index contributed by atoms with van der Waals surface area (Å²) in [6, 6.07) is 2.12. The SMILES string of the molecule is CC(C)(C)OC(=O)N1C2CCCC1CC(O)(c1cccc(F)c1C(F)(F)F)C2. The van der Waals surface area contributed by atoms with Crippen molar-refractivity contribution in [2.45, 2.75) is 82.3 Å². The smallest absolute Gasteiger partial charge is 0.419 e. The molecule has 2 bridgehead atoms. The highest BCUT2D eigenvalue weighted by Gasteiger charge is 2.52. The zero-order valence-electron chi connectivity index (χ0n) is 16.1. The number of benzene rings is 1. The van der Waals surface area contributed by atoms with Gasteiger partial charge in [-0.25, -0.2) is 9.18 Å². The minimum absolute atomic E-state index is 0.0880. The maximum Gasteiger partial charge on any atom is 0.419 e. The molecule has 0 radical (unpaired) electrons. The van der Waals surface area contributed by atoms with E-state index in [1.165, 1.54) is 6.07 Å². The van der Waals surface area contributed by atoms with E-state index in [2.05, 4.69) is 0 Å². The Labute approximate surface area is 161 Å². The van der Waals surface area contributed by atoms with E-state index in [9.17, 15) is 27.5 Å². The Morgan fingerprint density at radius 2 is 1.75 bits per heavy atom. The maximum atomic E-state index is 14.0. The lowest BCUT2D eigenvalue weighted by atomic mass is 9.71. The van der Waals surface area contributed by atoms with E-state index >= 15 is 0 Å². The molecule has 2 saturated heterocycles. The third-order valence-corrected chi connectivity index (χ3v) is 5.41. The molecule has 28 heavy (non-hydrogen) atoms. The van der Waals surface area contributed by atoms with Gasteiger partial charge in [0.05, 0.1) is 11.2 Å². The fourth-order valence-corrected chi connectivity index (χ4v) is 4.46. The molecule has 4 nitrogen and oxygen atoms in total. The number of rotatable bonds is 1. The lowest BCUT2D eigenvalue weighted by Gasteiger charge is -2.52. The first kappa shape index (κ1) is 20.9. The molecule has 1 aromatic carbocycles. The first-order valence-electron chi connectivity index (χ1n) is 9.42. The van der Waals surface area contributed by atoms with Gasteiger partial charge in [0.2, 0.25) is 0 Å². The molecule has 0 aliphatic carbocycles. The Morgan fingerprint density at radius 1 is 1.18 bits per heavy atom. The summed E-state index contributed by atoms with van der Waals surface area (Å²) in [5.74, 6) is -1.40. The standard InChI is InChI=1S/C20H25F4NO3/c1-18(2,3)28-17(26)25-12-6-4-7-13(25)11-19(27,10-12)14-8-5-9-15(21)16(14)20(22,23)24/h5,8-9,12-13,27H,4,6-7,10-11H2,1-3H3. The average Bonchev–Trinajstić information content (AvgIpc) is 2.50. The maximum absolute atomic E-state index is 14.0. The highest BCUT2D eigenvalue weighted by atomic mass is 19.4. The highest BCUT2D eigenvalue weighted by molar-refractivity contribution is 5.69. The van der Waals surface area contributed by atoms with E-state index in [0.29, 0.717) is 12.8 Å². The molecule has 1 N–H and O–H groups in total. The molecular formula is C20H25F4NO3. The molecule has 2 unspecified atom stereocenters. The van der Waals surface area contributed by atoms with Gasteiger partial charge in [-0.1, -0.05) is 12.1 Å². The molecule has 2 aliphatic rings. The molecule has 2 fully saturated rings. The van der Waals surface area contributed by atoms with Gasteiger partial charge in [0.15, 0.2) is 0 Å². The summed E-state index contributed by atoms with van der Waals surface area (Å²) in [6.07, 6.45) is -3.72. The monoisotopic (exact) mass is 403 g/mol. The van der Waals surface area contributed by atoms with E-state index in [1.54, 1.807) is 25.7 Å². The van der Waals surface area contributed by atoms with Crippen LogP contribution in [0, 0.1) is 5.82 Å². The minimum Gasteiger partial charge on any atom is -0.444 e. The lowest BCUT2D eigenvalue weighted by Crippen LogP contribution is -2.59. The second-order valence-electron chi connectivity index (χ2n) is 8.73. The van der Waals surface area contributed by atoms with E-state index < -0.39 is 52.5 Å². The zero-order chi connectivity index (χ0) is 20.9. The van der Waals surface area contributed by atoms with Crippen LogP contribution in [0.15, 0.2) is 18.2 Å². The Bertz CT molecular complexity index is 743. The predicted octanol–water partition coefficient (Wildman–Crippen LogP) is 4.98. The summed E-state index contributed by atoms with van der Waals surface area (Å²) in [4.78, 5) is 14.2. The molecule has 3 rings (SSSR count). The van der Waals surface area contributed by atoms with Gasteiger partial charge in [0, 0.05) is 24.9 Å². The lowest BCUT2D eigenvalue weighted by molar-refractivity contribution is -0.147. The van der Waals surface area contributed by atoms with Crippen LogP contribution in [0.1, 0.15) is 64.0 Å². The van der Waals surface area contributed by atoms with E-state index in [0.717, 1.165) is 18.6 Å². The summed E-state index contributed by atoms with van der Waals surface area (Å²) in [6.45, 7) is 5.22. The first-order valence-corrected chi connectivity index (χ1v) is 9.42. The Morgan fingerprint density at radius 3 is 2.25 bits per heavy atom. The summed E-state index contributed by atoms with van der Waals surface area (Å²) in [5, 5.41) is 11.2. The van der Waals surface area contributed by atoms with Gasteiger partial charge in [-0.2, -0.15) is 13.2 Å². The van der Waals surface area contributed by atoms with Gasteiger partial charge in [0.25, 0.3) is 0 Å². The van der Waals surface area contributed by atoms with Crippen molar-refractivity contribution in [1.82, 2.24) is 4.90 Å². The van der Waals surface area contributed by atoms with Crippen molar-refractivity contribution in [3.05, 3.63) is 35.1 Å². The van der Waals surface area contributed by atoms with Crippen molar-refractivity contribution in [3.8, 4) is 0 Å². The first-order chi connectivity index (χ1) is 12.8. The van der Waals surface area contributed by atoms with Crippen LogP contribution >= 0.6 is 0 Å². The van der Waals surface area contributed by atoms with Crippen LogP contribution in [-0.4, -0.2) is 33.8 Å². The van der Waals surface area contributed by atoms with Gasteiger partial charge in [0.1, 0.15) is 11.4 Å². The van der Waals surface area contributed by atoms with Crippen LogP contribution < -0.4 is 0 Å². The van der Waals surface area contributed by atoms with E-state index in [-0.39, 0.29) is 12.8 Å². The largest absolute Gasteiger partial charge is 0.444 e. The zero-order valence-corrected chi connectivity index (χ0v) is 16.1. The van der Waals surface area contributed by atoms with Crippen LogP contribution in [-0.2, 0) is 16.5 Å². The summed E-state index contributed by atoms with van der Waals surface area (Å²) >= 11 is 0. The average molecular weight is 403 g/mol. The van der Waals surface area contributed by atoms with Gasteiger partial charge in [-0.3, -0.25) is 0 Å². The topological polar surface area (TPSA) is 49.8 Å². The summed E-state index contributed by atoms with van der Waals surface area (Å²) in [5.41, 5.74) is -4.45. The molecule has 1 aromatic rings. The summed E-state index contributed by atoms with van der Waals surface area (Å²) in [7, 11) is 0. The van der Waals surface area contributed by atoms with Gasteiger partial charge < -0.3 is 14.7 Å². The molecular weight excluding hydrogens is 378 g/mol. The van der Waals surface area contributed by atoms with E-state index in [1.807, 2.05) is 0 Å². The number of amides is 1. The van der Waals surface area contributed by atoms with Crippen LogP contribution in [0.25, 0.3) is 0 Å². The Balaban J connectivity index is 1.96. The van der Waals surface area contributed by atoms with Gasteiger partial charge in [-0.15, -0.1) is 0 Å². The van der Waals surface area contributed by atoms with Crippen molar-refractivity contribution in [1.29, 1.82) is 0 Å². The minimum atomic E-state index is -4.92. The number of carbonyl (C=O) groups is 1. The Hall–Kier alpha value is -1.83. The molecule has 2 aliphatic heterocycles. The van der Waals surface area contributed by atoms with E-state index in [4.69, 9.17) is 4.74 Å².